The number of aliphatic carboxylic acids is 2. The van der Waals surface area contributed by atoms with Gasteiger partial charge in [-0.05, 0) is 118 Å². The summed E-state index contributed by atoms with van der Waals surface area (Å²) in [5, 5.41) is 49.8. The lowest BCUT2D eigenvalue weighted by Crippen LogP contribution is -2.53. The van der Waals surface area contributed by atoms with Gasteiger partial charge >= 0.3 is 11.9 Å². The summed E-state index contributed by atoms with van der Waals surface area (Å²) in [5.74, 6) is -0.0978. The van der Waals surface area contributed by atoms with Gasteiger partial charge in [-0.1, -0.05) is 122 Å². The van der Waals surface area contributed by atoms with Crippen LogP contribution in [0.3, 0.4) is 0 Å². The maximum atomic E-state index is 10.4. The van der Waals surface area contributed by atoms with Crippen molar-refractivity contribution in [1.82, 2.24) is 5.32 Å². The Hall–Kier alpha value is -5.24. The molecule has 0 radical (unpaired) electrons. The van der Waals surface area contributed by atoms with E-state index >= 15 is 0 Å². The maximum Gasteiger partial charge on any atom is 0.303 e. The molecule has 0 unspecified atom stereocenters. The van der Waals surface area contributed by atoms with E-state index in [4.69, 9.17) is 30.5 Å². The minimum Gasteiger partial charge on any atom is -0.481 e. The Kier molecular flexibility index (Phi) is 39.8. The van der Waals surface area contributed by atoms with Crippen LogP contribution in [0.25, 0.3) is 0 Å². The molecule has 1 heterocycles. The normalized spacial score (nSPS) is 14.4. The van der Waals surface area contributed by atoms with Crippen molar-refractivity contribution < 1.29 is 48.6 Å². The molecule has 18 nitrogen and oxygen atoms in total. The fourth-order valence-electron chi connectivity index (χ4n) is 7.83. The first-order valence-corrected chi connectivity index (χ1v) is 28.0. The molecule has 0 aromatic heterocycles. The highest BCUT2D eigenvalue weighted by molar-refractivity contribution is 6.69. The zero-order valence-electron chi connectivity index (χ0n) is 44.7. The molecule has 404 valence electrons. The van der Waals surface area contributed by atoms with Crippen LogP contribution in [-0.2, 0) is 29.2 Å². The Morgan fingerprint density at radius 2 is 1.14 bits per heavy atom. The van der Waals surface area contributed by atoms with Crippen LogP contribution in [0, 0.1) is 71.8 Å². The van der Waals surface area contributed by atoms with Crippen LogP contribution in [0.4, 0.5) is 0 Å². The molecule has 3 rings (SSSR count). The minimum atomic E-state index is -1.77. The van der Waals surface area contributed by atoms with Gasteiger partial charge in [-0.25, -0.2) is 0 Å². The highest BCUT2D eigenvalue weighted by atomic mass is 28.4. The number of carbonyl (C=O) groups is 4. The number of nitro groups is 3. The minimum absolute atomic E-state index is 0.0856. The number of carbonyl (C=O) groups excluding carboxylic acids is 2. The van der Waals surface area contributed by atoms with E-state index in [0.29, 0.717) is 49.1 Å². The summed E-state index contributed by atoms with van der Waals surface area (Å²) in [4.78, 5) is 68.3. The first kappa shape index (κ1) is 70.0. The van der Waals surface area contributed by atoms with Gasteiger partial charge < -0.3 is 30.5 Å². The van der Waals surface area contributed by atoms with Crippen molar-refractivity contribution in [2.24, 2.45) is 47.2 Å². The Morgan fingerprint density at radius 3 is 1.46 bits per heavy atom. The third-order valence-electron chi connectivity index (χ3n) is 10.2. The third kappa shape index (κ3) is 40.1. The number of nitrogens with two attached hydrogens (primary N) is 1. The number of benzene rings is 2. The van der Waals surface area contributed by atoms with Crippen LogP contribution in [0.1, 0.15) is 124 Å². The van der Waals surface area contributed by atoms with Gasteiger partial charge in [0.05, 0.1) is 6.42 Å². The van der Waals surface area contributed by atoms with Gasteiger partial charge in [-0.3, -0.25) is 44.7 Å². The molecule has 19 heteroatoms. The number of nitrogens with one attached hydrogen (secondary N) is 1. The van der Waals surface area contributed by atoms with Crippen molar-refractivity contribution in [1.29, 1.82) is 0 Å². The van der Waals surface area contributed by atoms with Crippen LogP contribution in [0.5, 0.6) is 0 Å². The third-order valence-corrected chi connectivity index (χ3v) is 11.1. The van der Waals surface area contributed by atoms with Crippen molar-refractivity contribution in [2.75, 3.05) is 33.2 Å². The Bertz CT molecular complexity index is 1730. The second-order valence-electron chi connectivity index (χ2n) is 20.3. The van der Waals surface area contributed by atoms with Crippen molar-refractivity contribution >= 4 is 32.8 Å². The van der Waals surface area contributed by atoms with E-state index in [9.17, 15) is 39.4 Å². The lowest BCUT2D eigenvalue weighted by molar-refractivity contribution is -0.488. The van der Waals surface area contributed by atoms with Crippen LogP contribution in [0.2, 0.25) is 19.6 Å². The molecule has 0 aliphatic carbocycles. The summed E-state index contributed by atoms with van der Waals surface area (Å²) in [5.41, 5.74) is 7.52. The molecule has 4 atom stereocenters. The Labute approximate surface area is 424 Å². The fraction of sp³-hybridized carbons (Fsp3) is 0.654. The quantitative estimate of drug-likeness (QED) is 0.0236. The van der Waals surface area contributed by atoms with Gasteiger partial charge in [0.25, 0.3) is 0 Å². The van der Waals surface area contributed by atoms with Crippen LogP contribution >= 0.6 is 0 Å². The zero-order chi connectivity index (χ0) is 55.2. The van der Waals surface area contributed by atoms with Crippen LogP contribution in [-0.4, -0.2) is 97.1 Å². The number of nitrogens with zero attached hydrogens (tertiary/aromatic N) is 3. The molecule has 2 aromatic carbocycles. The summed E-state index contributed by atoms with van der Waals surface area (Å²) < 4.78 is 6.96. The van der Waals surface area contributed by atoms with Gasteiger partial charge in [0, 0.05) is 45.5 Å². The number of carboxylic acid groups (broad SMARTS) is 2. The molecule has 0 bridgehead atoms. The summed E-state index contributed by atoms with van der Waals surface area (Å²) in [6.45, 7) is 24.3. The molecular formula is C52H89N5O13Si. The van der Waals surface area contributed by atoms with Crippen LogP contribution in [0.15, 0.2) is 72.8 Å². The highest BCUT2D eigenvalue weighted by Gasteiger charge is 2.46. The molecule has 0 saturated carbocycles. The molecule has 1 aliphatic heterocycles. The SMILES string of the molecule is CC(C)C/C=C\C=O.CC(C)C[C@@H](CC(=O)O)C[N+](=O)[O-].CC(C)C[C@H](CC=O)C[N+](=O)[O-].CC(C)C[C@H](CN)CC(=O)O.C[N+](=O)[O-].C[Si](C)(C)OC(c1ccccc1)(c1ccccc1)[C@@H]1CCCN1. The van der Waals surface area contributed by atoms with Crippen molar-refractivity contribution in [3.05, 3.63) is 114 Å². The van der Waals surface area contributed by atoms with E-state index < -0.39 is 35.7 Å². The molecule has 2 aromatic rings. The first-order chi connectivity index (χ1) is 33.1. The molecular weight excluding hydrogens is 931 g/mol. The van der Waals surface area contributed by atoms with Gasteiger partial charge in [0.15, 0.2) is 15.4 Å². The summed E-state index contributed by atoms with van der Waals surface area (Å²) in [6.07, 6.45) is 11.0. The number of hydrogen-bond acceptors (Lipinski definition) is 13. The molecule has 5 N–H and O–H groups in total. The number of aldehydes is 2. The average molecular weight is 1020 g/mol. The second kappa shape index (κ2) is 40.4. The van der Waals surface area contributed by atoms with Crippen molar-refractivity contribution in [3.8, 4) is 0 Å². The largest absolute Gasteiger partial charge is 0.481 e. The predicted octanol–water partition coefficient (Wildman–Crippen LogP) is 10.2. The smallest absolute Gasteiger partial charge is 0.303 e. The number of allylic oxidation sites excluding steroid dienone is 2. The molecule has 1 fully saturated rings. The van der Waals surface area contributed by atoms with Crippen molar-refractivity contribution in [2.45, 2.75) is 144 Å². The van der Waals surface area contributed by atoms with E-state index in [2.05, 4.69) is 113 Å². The second-order valence-corrected chi connectivity index (χ2v) is 24.7. The van der Waals surface area contributed by atoms with Gasteiger partial charge in [-0.15, -0.1) is 0 Å². The first-order valence-electron chi connectivity index (χ1n) is 24.6. The van der Waals surface area contributed by atoms with E-state index in [1.165, 1.54) is 17.5 Å². The van der Waals surface area contributed by atoms with E-state index in [1.807, 2.05) is 33.8 Å². The van der Waals surface area contributed by atoms with Gasteiger partial charge in [0.1, 0.15) is 18.2 Å². The molecule has 1 aliphatic rings. The van der Waals surface area contributed by atoms with Gasteiger partial charge in [0.2, 0.25) is 13.1 Å². The zero-order valence-corrected chi connectivity index (χ0v) is 45.7. The molecule has 71 heavy (non-hydrogen) atoms. The summed E-state index contributed by atoms with van der Waals surface area (Å²) in [6, 6.07) is 21.8. The van der Waals surface area contributed by atoms with Crippen LogP contribution < -0.4 is 11.1 Å². The van der Waals surface area contributed by atoms with Gasteiger partial charge in [-0.2, -0.15) is 0 Å². The van der Waals surface area contributed by atoms with E-state index in [-0.39, 0.29) is 48.6 Å². The monoisotopic (exact) mass is 1020 g/mol. The van der Waals surface area contributed by atoms with E-state index in [1.54, 1.807) is 6.08 Å². The average Bonchev–Trinajstić information content (AvgIpc) is 3.78. The topological polar surface area (TPSA) is 285 Å². The predicted molar refractivity (Wildman–Crippen MR) is 283 cm³/mol. The maximum absolute atomic E-state index is 10.4. The van der Waals surface area contributed by atoms with Crippen molar-refractivity contribution in [3.63, 3.8) is 0 Å². The highest BCUT2D eigenvalue weighted by Crippen LogP contribution is 2.42. The summed E-state index contributed by atoms with van der Waals surface area (Å²) >= 11 is 0. The van der Waals surface area contributed by atoms with E-state index in [0.717, 1.165) is 51.8 Å². The number of carboxylic acids is 2. The lowest BCUT2D eigenvalue weighted by Gasteiger charge is -2.44. The Morgan fingerprint density at radius 1 is 0.732 bits per heavy atom. The molecule has 0 spiro atoms. The molecule has 1 saturated heterocycles. The number of rotatable bonds is 25. The summed E-state index contributed by atoms with van der Waals surface area (Å²) in [7, 11) is -0.877. The Balaban J connectivity index is -0.000000841. The fourth-order valence-corrected chi connectivity index (χ4v) is 9.18. The lowest BCUT2D eigenvalue weighted by atomic mass is 9.79. The molecule has 0 amide bonds. The number of hydrogen-bond donors (Lipinski definition) is 4. The standard InChI is InChI=1S/C20H27NOSi.C8H15NO4.C8H15NO3.C8H17NO2.C7H12O.CH3NO2/c1-23(2,3)22-20(19-15-10-16-21-19,17-11-6-4-7-12-17)18-13-8-5-9-14-18;1-6(2)3-7(4-8(10)11)5-9(12)13;1-7(2)5-8(3-4-10)6-9(11)12;1-6(2)3-7(5-9)4-8(10)11;1-7(2)5-3-4-6-8;1-2(3)4/h4-9,11-14,19,21H,10,15-16H2,1-3H3;6-7H,3-5H2,1-2H3,(H,10,11);4,7-8H,3,5-6H2,1-2H3;6-7H,3-5,9H2,1-2H3,(H,10,11);3-4,6-7H,5H2,1-2H3;1H3/b;;;;4-3-;/t19-;7-;8-;7-;;/m0000../s1.